The highest BCUT2D eigenvalue weighted by molar-refractivity contribution is 5.94. The Labute approximate surface area is 225 Å². The van der Waals surface area contributed by atoms with Gasteiger partial charge in [0, 0.05) is 37.4 Å². The summed E-state index contributed by atoms with van der Waals surface area (Å²) >= 11 is 0. The summed E-state index contributed by atoms with van der Waals surface area (Å²) in [6, 6.07) is 8.69. The summed E-state index contributed by atoms with van der Waals surface area (Å²) in [6.45, 7) is 6.50. The maximum Gasteiger partial charge on any atom is 0.245 e. The molecule has 0 bridgehead atoms. The maximum absolute atomic E-state index is 15.9. The number of ether oxygens (including phenoxy) is 3. The molecule has 0 aliphatic carbocycles. The van der Waals surface area contributed by atoms with E-state index in [1.165, 1.54) is 25.8 Å². The van der Waals surface area contributed by atoms with Crippen molar-refractivity contribution in [2.75, 3.05) is 32.6 Å². The van der Waals surface area contributed by atoms with Gasteiger partial charge in [0.1, 0.15) is 35.4 Å². The highest BCUT2D eigenvalue weighted by atomic mass is 19.1. The number of furan rings is 1. The van der Waals surface area contributed by atoms with Crippen molar-refractivity contribution >= 4 is 28.3 Å². The Hall–Kier alpha value is -4.60. The largest absolute Gasteiger partial charge is 0.494 e. The number of anilines is 2. The van der Waals surface area contributed by atoms with E-state index in [2.05, 4.69) is 21.9 Å². The molecule has 202 valence electrons. The molecule has 0 atom stereocenters. The monoisotopic (exact) mass is 532 g/mol. The molecule has 2 aromatic heterocycles. The molecule has 1 fully saturated rings. The van der Waals surface area contributed by atoms with Crippen LogP contribution in [0.4, 0.5) is 15.9 Å². The van der Waals surface area contributed by atoms with E-state index in [0.29, 0.717) is 76.8 Å². The van der Waals surface area contributed by atoms with Crippen molar-refractivity contribution in [3.8, 4) is 28.6 Å². The molecule has 3 heterocycles. The van der Waals surface area contributed by atoms with E-state index < -0.39 is 5.82 Å². The second-order valence-electron chi connectivity index (χ2n) is 9.15. The van der Waals surface area contributed by atoms with Crippen LogP contribution in [-0.4, -0.2) is 54.2 Å². The number of nitrogens with one attached hydrogen (secondary N) is 1. The summed E-state index contributed by atoms with van der Waals surface area (Å²) < 4.78 is 38.8. The predicted molar refractivity (Wildman–Crippen MR) is 145 cm³/mol. The van der Waals surface area contributed by atoms with Gasteiger partial charge in [-0.05, 0) is 42.8 Å². The van der Waals surface area contributed by atoms with Crippen LogP contribution in [-0.2, 0) is 4.79 Å². The van der Waals surface area contributed by atoms with Crippen LogP contribution < -0.4 is 19.5 Å². The lowest BCUT2D eigenvalue weighted by atomic mass is 10.0. The van der Waals surface area contributed by atoms with Crippen LogP contribution in [0.1, 0.15) is 18.4 Å². The second-order valence-corrected chi connectivity index (χ2v) is 9.15. The zero-order valence-electron chi connectivity index (χ0n) is 22.0. The smallest absolute Gasteiger partial charge is 0.245 e. The van der Waals surface area contributed by atoms with Crippen LogP contribution in [0, 0.1) is 12.7 Å². The molecule has 39 heavy (non-hydrogen) atoms. The van der Waals surface area contributed by atoms with E-state index in [-0.39, 0.29) is 17.7 Å². The first-order valence-electron chi connectivity index (χ1n) is 12.5. The standard InChI is InChI=1S/C29H29FN4O5/c1-5-25(35)34-10-8-18(9-11-34)39-23-14-19-20(15-22(23)36-3)31-16-32-29(19)33-28-24(37-4)13-17(2)26(27(28)30)21-7-6-12-38-21/h5-7,12-16,18H,1,8-11H2,2-4H3,(H,31,32,33). The van der Waals surface area contributed by atoms with Crippen LogP contribution in [0.3, 0.4) is 0 Å². The lowest BCUT2D eigenvalue weighted by Gasteiger charge is -2.31. The number of likely N-dealkylation sites (tertiary alicyclic amines) is 1. The number of methoxy groups -OCH3 is 2. The molecule has 0 radical (unpaired) electrons. The molecule has 1 amide bonds. The Morgan fingerprint density at radius 2 is 1.92 bits per heavy atom. The first kappa shape index (κ1) is 26.0. The van der Waals surface area contributed by atoms with E-state index in [9.17, 15) is 4.79 Å². The zero-order chi connectivity index (χ0) is 27.5. The molecular weight excluding hydrogens is 503 g/mol. The number of nitrogens with zero attached hydrogens (tertiary/aromatic N) is 3. The minimum atomic E-state index is -0.528. The number of aromatic nitrogens is 2. The number of carbonyl (C=O) groups is 1. The number of hydrogen-bond acceptors (Lipinski definition) is 8. The summed E-state index contributed by atoms with van der Waals surface area (Å²) in [4.78, 5) is 22.5. The second kappa shape index (κ2) is 11.0. The molecule has 5 rings (SSSR count). The van der Waals surface area contributed by atoms with Crippen LogP contribution in [0.5, 0.6) is 17.2 Å². The Balaban J connectivity index is 1.50. The average molecular weight is 533 g/mol. The lowest BCUT2D eigenvalue weighted by molar-refractivity contribution is -0.127. The Kier molecular flexibility index (Phi) is 7.36. The molecule has 9 nitrogen and oxygen atoms in total. The molecule has 1 aliphatic rings. The summed E-state index contributed by atoms with van der Waals surface area (Å²) in [5.74, 6) is 1.49. The van der Waals surface area contributed by atoms with E-state index in [4.69, 9.17) is 18.6 Å². The predicted octanol–water partition coefficient (Wildman–Crippen LogP) is 5.65. The van der Waals surface area contributed by atoms with Gasteiger partial charge in [-0.3, -0.25) is 4.79 Å². The highest BCUT2D eigenvalue weighted by Crippen LogP contribution is 2.41. The Bertz CT molecular complexity index is 1510. The third kappa shape index (κ3) is 5.09. The van der Waals surface area contributed by atoms with Gasteiger partial charge in [-0.15, -0.1) is 0 Å². The van der Waals surface area contributed by atoms with Crippen molar-refractivity contribution in [2.45, 2.75) is 25.9 Å². The third-order valence-electron chi connectivity index (χ3n) is 6.80. The van der Waals surface area contributed by atoms with Gasteiger partial charge in [0.25, 0.3) is 0 Å². The quantitative estimate of drug-likeness (QED) is 0.291. The Morgan fingerprint density at radius 1 is 1.15 bits per heavy atom. The van der Waals surface area contributed by atoms with Gasteiger partial charge in [0.15, 0.2) is 17.3 Å². The summed E-state index contributed by atoms with van der Waals surface area (Å²) in [7, 11) is 3.04. The number of halogens is 1. The van der Waals surface area contributed by atoms with Crippen LogP contribution in [0.15, 0.2) is 60.0 Å². The van der Waals surface area contributed by atoms with Crippen molar-refractivity contribution in [3.05, 3.63) is 67.0 Å². The number of rotatable bonds is 8. The Morgan fingerprint density at radius 3 is 2.59 bits per heavy atom. The average Bonchev–Trinajstić information content (AvgIpc) is 3.48. The van der Waals surface area contributed by atoms with Crippen molar-refractivity contribution in [3.63, 3.8) is 0 Å². The van der Waals surface area contributed by atoms with Crippen molar-refractivity contribution in [2.24, 2.45) is 0 Å². The van der Waals surface area contributed by atoms with Gasteiger partial charge in [0.2, 0.25) is 5.91 Å². The third-order valence-corrected chi connectivity index (χ3v) is 6.80. The fraction of sp³-hybridized carbons (Fsp3) is 0.276. The van der Waals surface area contributed by atoms with E-state index >= 15 is 4.39 Å². The van der Waals surface area contributed by atoms with Crippen molar-refractivity contribution in [1.29, 1.82) is 0 Å². The number of aryl methyl sites for hydroxylation is 1. The fourth-order valence-electron chi connectivity index (χ4n) is 4.78. The van der Waals surface area contributed by atoms with Gasteiger partial charge in [-0.25, -0.2) is 14.4 Å². The minimum absolute atomic E-state index is 0.0847. The van der Waals surface area contributed by atoms with Gasteiger partial charge in [0.05, 0.1) is 31.6 Å². The molecule has 10 heteroatoms. The highest BCUT2D eigenvalue weighted by Gasteiger charge is 2.25. The topological polar surface area (TPSA) is 99.0 Å². The van der Waals surface area contributed by atoms with Crippen molar-refractivity contribution in [1.82, 2.24) is 14.9 Å². The van der Waals surface area contributed by atoms with E-state index in [1.54, 1.807) is 49.3 Å². The number of piperidine rings is 1. The molecule has 4 aromatic rings. The van der Waals surface area contributed by atoms with Gasteiger partial charge in [-0.1, -0.05) is 6.58 Å². The van der Waals surface area contributed by atoms with Crippen LogP contribution >= 0.6 is 0 Å². The molecule has 0 unspecified atom stereocenters. The molecule has 0 saturated carbocycles. The fourth-order valence-corrected chi connectivity index (χ4v) is 4.78. The van der Waals surface area contributed by atoms with Gasteiger partial charge >= 0.3 is 0 Å². The molecule has 1 saturated heterocycles. The normalized spacial score (nSPS) is 13.8. The first-order chi connectivity index (χ1) is 18.9. The van der Waals surface area contributed by atoms with Crippen molar-refractivity contribution < 1.29 is 27.8 Å². The van der Waals surface area contributed by atoms with E-state index in [0.717, 1.165) is 0 Å². The minimum Gasteiger partial charge on any atom is -0.494 e. The van der Waals surface area contributed by atoms with Gasteiger partial charge < -0.3 is 28.8 Å². The summed E-state index contributed by atoms with van der Waals surface area (Å²) in [5.41, 5.74) is 1.69. The van der Waals surface area contributed by atoms with Crippen LogP contribution in [0.25, 0.3) is 22.2 Å². The van der Waals surface area contributed by atoms with Gasteiger partial charge in [-0.2, -0.15) is 0 Å². The molecule has 0 spiro atoms. The molecular formula is C29H29FN4O5. The number of hydrogen-bond donors (Lipinski definition) is 1. The summed E-state index contributed by atoms with van der Waals surface area (Å²) in [6.07, 6.45) is 5.43. The lowest BCUT2D eigenvalue weighted by Crippen LogP contribution is -2.41. The number of fused-ring (bicyclic) bond motifs is 1. The SMILES string of the molecule is C=CC(=O)N1CCC(Oc2cc3c(Nc4c(OC)cc(C)c(-c5ccco5)c4F)ncnc3cc2OC)CC1. The number of amides is 1. The first-order valence-corrected chi connectivity index (χ1v) is 12.5. The zero-order valence-corrected chi connectivity index (χ0v) is 22.0. The molecule has 2 aromatic carbocycles. The summed E-state index contributed by atoms with van der Waals surface area (Å²) in [5, 5.41) is 3.72. The molecule has 1 aliphatic heterocycles. The number of carbonyl (C=O) groups excluding carboxylic acids is 1. The van der Waals surface area contributed by atoms with E-state index in [1.807, 2.05) is 0 Å². The molecule has 1 N–H and O–H groups in total. The maximum atomic E-state index is 15.9. The number of benzene rings is 2. The van der Waals surface area contributed by atoms with Crippen LogP contribution in [0.2, 0.25) is 0 Å².